The van der Waals surface area contributed by atoms with Gasteiger partial charge in [0.1, 0.15) is 5.75 Å². The molecule has 1 aromatic heterocycles. The maximum Gasteiger partial charge on any atom is 0.143 e. The summed E-state index contributed by atoms with van der Waals surface area (Å²) >= 11 is 1.66. The summed E-state index contributed by atoms with van der Waals surface area (Å²) in [6.07, 6.45) is 3.56. The van der Waals surface area contributed by atoms with E-state index in [9.17, 15) is 0 Å². The first kappa shape index (κ1) is 11.8. The first-order chi connectivity index (χ1) is 8.29. The number of hydrogen-bond donors (Lipinski definition) is 1. The second-order valence-corrected chi connectivity index (χ2v) is 4.56. The molecular formula is C13H14N2OS. The van der Waals surface area contributed by atoms with Crippen LogP contribution >= 0.6 is 11.8 Å². The van der Waals surface area contributed by atoms with Crippen molar-refractivity contribution < 1.29 is 4.74 Å². The Kier molecular flexibility index (Phi) is 3.88. The van der Waals surface area contributed by atoms with Gasteiger partial charge in [0.15, 0.2) is 0 Å². The van der Waals surface area contributed by atoms with E-state index in [4.69, 9.17) is 10.5 Å². The molecule has 1 aromatic carbocycles. The quantitative estimate of drug-likeness (QED) is 0.841. The smallest absolute Gasteiger partial charge is 0.143 e. The average molecular weight is 246 g/mol. The number of nitrogens with two attached hydrogens (primary N) is 1. The van der Waals surface area contributed by atoms with Gasteiger partial charge in [0, 0.05) is 22.2 Å². The van der Waals surface area contributed by atoms with Gasteiger partial charge in [-0.1, -0.05) is 11.8 Å². The van der Waals surface area contributed by atoms with Crippen LogP contribution in [0, 0.1) is 0 Å². The Balaban J connectivity index is 2.19. The molecule has 88 valence electrons. The van der Waals surface area contributed by atoms with Crippen molar-refractivity contribution in [1.29, 1.82) is 0 Å². The lowest BCUT2D eigenvalue weighted by Gasteiger charge is -2.08. The van der Waals surface area contributed by atoms with Crippen molar-refractivity contribution in [3.8, 4) is 5.75 Å². The molecule has 2 aromatic rings. The topological polar surface area (TPSA) is 48.1 Å². The standard InChI is InChI=1S/C13H14N2OS/c1-2-16-13-9-11(3-4-12(13)14)17-10-5-7-15-8-6-10/h3-9H,2,14H2,1H3. The molecule has 2 rings (SSSR count). The largest absolute Gasteiger partial charge is 0.492 e. The number of anilines is 1. The van der Waals surface area contributed by atoms with E-state index in [1.54, 1.807) is 24.2 Å². The zero-order valence-electron chi connectivity index (χ0n) is 9.59. The van der Waals surface area contributed by atoms with E-state index in [1.165, 1.54) is 0 Å². The van der Waals surface area contributed by atoms with Crippen molar-refractivity contribution in [3.63, 3.8) is 0 Å². The van der Waals surface area contributed by atoms with E-state index in [0.717, 1.165) is 15.5 Å². The fourth-order valence-electron chi connectivity index (χ4n) is 1.40. The molecule has 0 aliphatic carbocycles. The Morgan fingerprint density at radius 1 is 1.18 bits per heavy atom. The zero-order chi connectivity index (χ0) is 12.1. The van der Waals surface area contributed by atoms with Gasteiger partial charge in [-0.3, -0.25) is 4.98 Å². The number of aromatic nitrogens is 1. The summed E-state index contributed by atoms with van der Waals surface area (Å²) in [5.74, 6) is 0.742. The Morgan fingerprint density at radius 2 is 1.94 bits per heavy atom. The molecule has 0 unspecified atom stereocenters. The van der Waals surface area contributed by atoms with Gasteiger partial charge in [-0.25, -0.2) is 0 Å². The lowest BCUT2D eigenvalue weighted by Crippen LogP contribution is -1.96. The summed E-state index contributed by atoms with van der Waals surface area (Å²) in [5, 5.41) is 0. The van der Waals surface area contributed by atoms with Crippen LogP contribution in [0.4, 0.5) is 5.69 Å². The van der Waals surface area contributed by atoms with Crippen LogP contribution < -0.4 is 10.5 Å². The van der Waals surface area contributed by atoms with Crippen molar-refractivity contribution in [2.45, 2.75) is 16.7 Å². The Morgan fingerprint density at radius 3 is 2.65 bits per heavy atom. The van der Waals surface area contributed by atoms with Crippen molar-refractivity contribution >= 4 is 17.4 Å². The van der Waals surface area contributed by atoms with E-state index in [0.29, 0.717) is 12.3 Å². The van der Waals surface area contributed by atoms with E-state index in [1.807, 2.05) is 37.3 Å². The third-order valence-electron chi connectivity index (χ3n) is 2.17. The number of nitrogen functional groups attached to an aromatic ring is 1. The van der Waals surface area contributed by atoms with Gasteiger partial charge < -0.3 is 10.5 Å². The molecule has 1 heterocycles. The number of hydrogen-bond acceptors (Lipinski definition) is 4. The maximum absolute atomic E-state index is 5.82. The average Bonchev–Trinajstić information content (AvgIpc) is 2.35. The van der Waals surface area contributed by atoms with Crippen LogP contribution in [0.5, 0.6) is 5.75 Å². The zero-order valence-corrected chi connectivity index (χ0v) is 10.4. The number of pyridine rings is 1. The van der Waals surface area contributed by atoms with E-state index < -0.39 is 0 Å². The summed E-state index contributed by atoms with van der Waals surface area (Å²) in [4.78, 5) is 6.24. The molecular weight excluding hydrogens is 232 g/mol. The highest BCUT2D eigenvalue weighted by atomic mass is 32.2. The van der Waals surface area contributed by atoms with Crippen molar-refractivity contribution in [1.82, 2.24) is 4.98 Å². The summed E-state index contributed by atoms with van der Waals surface area (Å²) < 4.78 is 5.46. The fourth-order valence-corrected chi connectivity index (χ4v) is 2.23. The third kappa shape index (κ3) is 3.14. The fraction of sp³-hybridized carbons (Fsp3) is 0.154. The Labute approximate surface area is 105 Å². The molecule has 3 nitrogen and oxygen atoms in total. The Hall–Kier alpha value is -1.68. The third-order valence-corrected chi connectivity index (χ3v) is 3.17. The summed E-state index contributed by atoms with van der Waals surface area (Å²) in [6.45, 7) is 2.57. The van der Waals surface area contributed by atoms with Crippen LogP contribution in [0.1, 0.15) is 6.92 Å². The van der Waals surface area contributed by atoms with Crippen LogP contribution in [0.2, 0.25) is 0 Å². The minimum Gasteiger partial charge on any atom is -0.492 e. The molecule has 0 aliphatic rings. The highest BCUT2D eigenvalue weighted by Gasteiger charge is 2.03. The first-order valence-electron chi connectivity index (χ1n) is 5.40. The van der Waals surface area contributed by atoms with Gasteiger partial charge in [-0.2, -0.15) is 0 Å². The molecule has 0 bridgehead atoms. The summed E-state index contributed by atoms with van der Waals surface area (Å²) in [5.41, 5.74) is 6.50. The molecule has 0 atom stereocenters. The molecule has 0 saturated heterocycles. The molecule has 2 N–H and O–H groups in total. The van der Waals surface area contributed by atoms with Crippen LogP contribution in [0.3, 0.4) is 0 Å². The lowest BCUT2D eigenvalue weighted by atomic mass is 10.3. The minimum absolute atomic E-state index is 0.619. The van der Waals surface area contributed by atoms with Gasteiger partial charge in [-0.15, -0.1) is 0 Å². The van der Waals surface area contributed by atoms with Crippen LogP contribution in [0.25, 0.3) is 0 Å². The number of rotatable bonds is 4. The van der Waals surface area contributed by atoms with Crippen molar-refractivity contribution in [2.24, 2.45) is 0 Å². The van der Waals surface area contributed by atoms with Gasteiger partial charge in [-0.05, 0) is 37.3 Å². The van der Waals surface area contributed by atoms with Gasteiger partial charge in [0.25, 0.3) is 0 Å². The van der Waals surface area contributed by atoms with Crippen LogP contribution in [-0.4, -0.2) is 11.6 Å². The van der Waals surface area contributed by atoms with Gasteiger partial charge in [0.05, 0.1) is 12.3 Å². The van der Waals surface area contributed by atoms with E-state index in [2.05, 4.69) is 4.98 Å². The van der Waals surface area contributed by atoms with Gasteiger partial charge >= 0.3 is 0 Å². The van der Waals surface area contributed by atoms with E-state index in [-0.39, 0.29) is 0 Å². The molecule has 0 spiro atoms. The Bertz CT molecular complexity index is 488. The normalized spacial score (nSPS) is 10.2. The summed E-state index contributed by atoms with van der Waals surface area (Å²) in [7, 11) is 0. The highest BCUT2D eigenvalue weighted by molar-refractivity contribution is 7.99. The second-order valence-electron chi connectivity index (χ2n) is 3.42. The van der Waals surface area contributed by atoms with Crippen molar-refractivity contribution in [3.05, 3.63) is 42.7 Å². The predicted octanol–water partition coefficient (Wildman–Crippen LogP) is 3.21. The number of ether oxygens (including phenoxy) is 1. The molecule has 4 heteroatoms. The summed E-state index contributed by atoms with van der Waals surface area (Å²) in [6, 6.07) is 9.77. The molecule has 0 radical (unpaired) electrons. The van der Waals surface area contributed by atoms with E-state index >= 15 is 0 Å². The molecule has 0 aliphatic heterocycles. The lowest BCUT2D eigenvalue weighted by molar-refractivity contribution is 0.341. The SMILES string of the molecule is CCOc1cc(Sc2ccncc2)ccc1N. The maximum atomic E-state index is 5.82. The first-order valence-corrected chi connectivity index (χ1v) is 6.21. The molecule has 0 fully saturated rings. The molecule has 0 amide bonds. The molecule has 0 saturated carbocycles. The molecule has 17 heavy (non-hydrogen) atoms. The number of nitrogens with zero attached hydrogens (tertiary/aromatic N) is 1. The van der Waals surface area contributed by atoms with Crippen LogP contribution in [-0.2, 0) is 0 Å². The second kappa shape index (κ2) is 5.59. The monoisotopic (exact) mass is 246 g/mol. The predicted molar refractivity (Wildman–Crippen MR) is 70.4 cm³/mol. The van der Waals surface area contributed by atoms with Crippen molar-refractivity contribution in [2.75, 3.05) is 12.3 Å². The minimum atomic E-state index is 0.619. The van der Waals surface area contributed by atoms with Gasteiger partial charge in [0.2, 0.25) is 0 Å². The number of benzene rings is 1. The highest BCUT2D eigenvalue weighted by Crippen LogP contribution is 2.32. The van der Waals surface area contributed by atoms with Crippen LogP contribution in [0.15, 0.2) is 52.5 Å².